The summed E-state index contributed by atoms with van der Waals surface area (Å²) in [6.07, 6.45) is -1.37. The van der Waals surface area contributed by atoms with Crippen LogP contribution in [0.25, 0.3) is 6.08 Å². The molecule has 0 bridgehead atoms. The average molecular weight is 335 g/mol. The Morgan fingerprint density at radius 1 is 1.21 bits per heavy atom. The number of alkyl halides is 3. The topological polar surface area (TPSA) is 54.9 Å². The largest absolute Gasteiger partial charge is 0.433 e. The Morgan fingerprint density at radius 3 is 2.58 bits per heavy atom. The molecule has 0 radical (unpaired) electrons. The lowest BCUT2D eigenvalue weighted by molar-refractivity contribution is -0.141. The van der Waals surface area contributed by atoms with Crippen LogP contribution >= 0.6 is 0 Å². The third-order valence-corrected chi connectivity index (χ3v) is 3.07. The second kappa shape index (κ2) is 7.72. The van der Waals surface area contributed by atoms with E-state index in [1.54, 1.807) is 6.08 Å². The molecule has 0 saturated heterocycles. The highest BCUT2D eigenvalue weighted by molar-refractivity contribution is 5.91. The maximum Gasteiger partial charge on any atom is 0.433 e. The first-order valence-corrected chi connectivity index (χ1v) is 7.27. The van der Waals surface area contributed by atoms with Crippen LogP contribution in [-0.4, -0.2) is 22.4 Å². The lowest BCUT2D eigenvalue weighted by atomic mass is 10.2. The fourth-order valence-electron chi connectivity index (χ4n) is 1.98. The molecule has 0 aliphatic heterocycles. The minimum absolute atomic E-state index is 0.0506. The first-order chi connectivity index (χ1) is 11.3. The van der Waals surface area contributed by atoms with Crippen molar-refractivity contribution in [2.75, 3.05) is 6.54 Å². The molecule has 1 N–H and O–H groups in total. The number of halogens is 3. The van der Waals surface area contributed by atoms with E-state index in [9.17, 15) is 18.0 Å². The summed E-state index contributed by atoms with van der Waals surface area (Å²) >= 11 is 0. The zero-order valence-corrected chi connectivity index (χ0v) is 13.0. The maximum absolute atomic E-state index is 12.7. The molecule has 0 spiro atoms. The Morgan fingerprint density at radius 2 is 1.92 bits per heavy atom. The van der Waals surface area contributed by atoms with Crippen molar-refractivity contribution >= 4 is 12.0 Å². The number of amides is 1. The number of benzene rings is 1. The number of hydrogen-bond donors (Lipinski definition) is 1. The molecular formula is C17H16F3N3O. The van der Waals surface area contributed by atoms with Crippen LogP contribution in [0.3, 0.4) is 0 Å². The summed E-state index contributed by atoms with van der Waals surface area (Å²) in [5.41, 5.74) is 0.146. The lowest BCUT2D eigenvalue weighted by Crippen LogP contribution is -2.24. The number of nitrogens with one attached hydrogen (secondary N) is 1. The number of aromatic nitrogens is 2. The number of aryl methyl sites for hydroxylation is 1. The summed E-state index contributed by atoms with van der Waals surface area (Å²) in [5, 5.41) is 2.59. The van der Waals surface area contributed by atoms with Gasteiger partial charge in [0.2, 0.25) is 5.91 Å². The van der Waals surface area contributed by atoms with Gasteiger partial charge in [0.15, 0.2) is 0 Å². The maximum atomic E-state index is 12.7. The molecule has 1 aromatic carbocycles. The first kappa shape index (κ1) is 17.7. The average Bonchev–Trinajstić information content (AvgIpc) is 2.52. The molecule has 1 aromatic heterocycles. The van der Waals surface area contributed by atoms with Crippen LogP contribution in [0.5, 0.6) is 0 Å². The summed E-state index contributed by atoms with van der Waals surface area (Å²) in [6.45, 7) is 1.63. The quantitative estimate of drug-likeness (QED) is 0.854. The molecule has 0 unspecified atom stereocenters. The molecule has 1 amide bonds. The molecule has 1 heterocycles. The van der Waals surface area contributed by atoms with Gasteiger partial charge in [-0.2, -0.15) is 13.2 Å². The van der Waals surface area contributed by atoms with Crippen molar-refractivity contribution in [1.82, 2.24) is 15.3 Å². The van der Waals surface area contributed by atoms with Crippen LogP contribution in [0.2, 0.25) is 0 Å². The number of carbonyl (C=O) groups is 1. The summed E-state index contributed by atoms with van der Waals surface area (Å²) in [5.74, 6) is -0.280. The number of nitrogens with zero attached hydrogens (tertiary/aromatic N) is 2. The van der Waals surface area contributed by atoms with E-state index >= 15 is 0 Å². The van der Waals surface area contributed by atoms with Crippen LogP contribution in [0.1, 0.15) is 22.8 Å². The molecule has 0 aliphatic rings. The number of carbonyl (C=O) groups excluding carboxylic acids is 1. The molecule has 126 valence electrons. The van der Waals surface area contributed by atoms with Gasteiger partial charge < -0.3 is 5.32 Å². The molecule has 2 aromatic rings. The third-order valence-electron chi connectivity index (χ3n) is 3.07. The van der Waals surface area contributed by atoms with Gasteiger partial charge in [0, 0.05) is 24.7 Å². The van der Waals surface area contributed by atoms with Crippen molar-refractivity contribution < 1.29 is 18.0 Å². The Balaban J connectivity index is 1.89. The SMILES string of the molecule is Cc1cc(C(F)(F)F)nc(CCNC(=O)C=Cc2ccccc2)n1. The molecule has 0 saturated carbocycles. The molecule has 24 heavy (non-hydrogen) atoms. The summed E-state index contributed by atoms with van der Waals surface area (Å²) in [4.78, 5) is 19.1. The predicted molar refractivity (Wildman–Crippen MR) is 84.0 cm³/mol. The highest BCUT2D eigenvalue weighted by atomic mass is 19.4. The predicted octanol–water partition coefficient (Wildman–Crippen LogP) is 3.18. The van der Waals surface area contributed by atoms with Gasteiger partial charge in [-0.3, -0.25) is 4.79 Å². The Bertz CT molecular complexity index is 728. The van der Waals surface area contributed by atoms with Crippen LogP contribution in [0.15, 0.2) is 42.5 Å². The monoisotopic (exact) mass is 335 g/mol. The molecule has 0 fully saturated rings. The fourth-order valence-corrected chi connectivity index (χ4v) is 1.98. The van der Waals surface area contributed by atoms with E-state index in [4.69, 9.17) is 0 Å². The zero-order valence-electron chi connectivity index (χ0n) is 13.0. The molecule has 4 nitrogen and oxygen atoms in total. The van der Waals surface area contributed by atoms with Crippen molar-refractivity contribution in [3.05, 3.63) is 65.2 Å². The van der Waals surface area contributed by atoms with Gasteiger partial charge in [0.05, 0.1) is 0 Å². The molecule has 0 atom stereocenters. The van der Waals surface area contributed by atoms with Crippen LogP contribution in [-0.2, 0) is 17.4 Å². The zero-order chi connectivity index (χ0) is 17.6. The second-order valence-corrected chi connectivity index (χ2v) is 5.09. The van der Waals surface area contributed by atoms with Gasteiger partial charge in [-0.1, -0.05) is 30.3 Å². The molecular weight excluding hydrogens is 319 g/mol. The smallest absolute Gasteiger partial charge is 0.352 e. The Labute approximate surface area is 137 Å². The van der Waals surface area contributed by atoms with Gasteiger partial charge >= 0.3 is 6.18 Å². The fraction of sp³-hybridized carbons (Fsp3) is 0.235. The Hall–Kier alpha value is -2.70. The highest BCUT2D eigenvalue weighted by Gasteiger charge is 2.33. The van der Waals surface area contributed by atoms with Crippen molar-refractivity contribution in [1.29, 1.82) is 0 Å². The van der Waals surface area contributed by atoms with Crippen LogP contribution < -0.4 is 5.32 Å². The van der Waals surface area contributed by atoms with Crippen LogP contribution in [0, 0.1) is 6.92 Å². The van der Waals surface area contributed by atoms with Gasteiger partial charge in [-0.15, -0.1) is 0 Å². The van der Waals surface area contributed by atoms with Crippen molar-refractivity contribution in [3.8, 4) is 0 Å². The van der Waals surface area contributed by atoms with E-state index in [1.165, 1.54) is 13.0 Å². The highest BCUT2D eigenvalue weighted by Crippen LogP contribution is 2.27. The number of hydrogen-bond acceptors (Lipinski definition) is 3. The van der Waals surface area contributed by atoms with Gasteiger partial charge in [0.25, 0.3) is 0 Å². The van der Waals surface area contributed by atoms with E-state index in [2.05, 4.69) is 15.3 Å². The van der Waals surface area contributed by atoms with E-state index < -0.39 is 11.9 Å². The van der Waals surface area contributed by atoms with E-state index in [1.807, 2.05) is 30.3 Å². The normalized spacial score (nSPS) is 11.7. The molecule has 7 heteroatoms. The standard InChI is InChI=1S/C17H16F3N3O/c1-12-11-14(17(18,19)20)23-15(22-12)9-10-21-16(24)8-7-13-5-3-2-4-6-13/h2-8,11H,9-10H2,1H3,(H,21,24). The van der Waals surface area contributed by atoms with Crippen molar-refractivity contribution in [2.24, 2.45) is 0 Å². The second-order valence-electron chi connectivity index (χ2n) is 5.09. The van der Waals surface area contributed by atoms with Gasteiger partial charge in [0.1, 0.15) is 11.5 Å². The summed E-state index contributed by atoms with van der Waals surface area (Å²) < 4.78 is 38.1. The van der Waals surface area contributed by atoms with Crippen molar-refractivity contribution in [2.45, 2.75) is 19.5 Å². The van der Waals surface area contributed by atoms with Gasteiger partial charge in [-0.05, 0) is 24.6 Å². The molecule has 2 rings (SSSR count). The van der Waals surface area contributed by atoms with Gasteiger partial charge in [-0.25, -0.2) is 9.97 Å². The lowest BCUT2D eigenvalue weighted by Gasteiger charge is -2.09. The first-order valence-electron chi connectivity index (χ1n) is 7.27. The van der Waals surface area contributed by atoms with Crippen LogP contribution in [0.4, 0.5) is 13.2 Å². The van der Waals surface area contributed by atoms with E-state index in [-0.39, 0.29) is 30.4 Å². The summed E-state index contributed by atoms with van der Waals surface area (Å²) in [7, 11) is 0. The summed E-state index contributed by atoms with van der Waals surface area (Å²) in [6, 6.07) is 10.2. The minimum atomic E-state index is -4.51. The third kappa shape index (κ3) is 5.49. The number of rotatable bonds is 5. The minimum Gasteiger partial charge on any atom is -0.352 e. The van der Waals surface area contributed by atoms with E-state index in [0.29, 0.717) is 0 Å². The van der Waals surface area contributed by atoms with Crippen molar-refractivity contribution in [3.63, 3.8) is 0 Å². The Kier molecular flexibility index (Phi) is 5.68. The molecule has 0 aliphatic carbocycles. The van der Waals surface area contributed by atoms with E-state index in [0.717, 1.165) is 11.6 Å².